The molecule has 1 unspecified atom stereocenters. The Morgan fingerprint density at radius 3 is 2.96 bits per heavy atom. The third-order valence-electron chi connectivity index (χ3n) is 4.31. The predicted molar refractivity (Wildman–Crippen MR) is 89.4 cm³/mol. The second-order valence-corrected chi connectivity index (χ2v) is 5.89. The molecule has 8 heteroatoms. The van der Waals surface area contributed by atoms with E-state index in [9.17, 15) is 14.7 Å². The van der Waals surface area contributed by atoms with Gasteiger partial charge in [0.25, 0.3) is 5.91 Å². The van der Waals surface area contributed by atoms with E-state index in [-0.39, 0.29) is 43.1 Å². The molecular formula is C17H19N3O5. The second kappa shape index (κ2) is 6.94. The number of carbonyl (C=O) groups is 2. The van der Waals surface area contributed by atoms with Crippen LogP contribution in [0.1, 0.15) is 16.8 Å². The van der Waals surface area contributed by atoms with Gasteiger partial charge in [0.1, 0.15) is 12.4 Å². The lowest BCUT2D eigenvalue weighted by atomic mass is 10.0. The number of nitrogens with one attached hydrogen (secondary N) is 1. The van der Waals surface area contributed by atoms with E-state index in [2.05, 4.69) is 10.3 Å². The maximum Gasteiger partial charge on any atom is 0.252 e. The van der Waals surface area contributed by atoms with Crippen LogP contribution in [0.15, 0.2) is 24.4 Å². The average Bonchev–Trinajstić information content (AvgIpc) is 2.98. The number of fused-ring (bicyclic) bond motifs is 1. The highest BCUT2D eigenvalue weighted by atomic mass is 16.5. The van der Waals surface area contributed by atoms with Crippen molar-refractivity contribution in [2.45, 2.75) is 12.5 Å². The molecule has 2 heterocycles. The smallest absolute Gasteiger partial charge is 0.252 e. The Morgan fingerprint density at radius 2 is 2.28 bits per heavy atom. The lowest BCUT2D eigenvalue weighted by molar-refractivity contribution is -0.119. The number of rotatable bonds is 6. The number of amides is 2. The van der Waals surface area contributed by atoms with Crippen molar-refractivity contribution in [1.82, 2.24) is 10.3 Å². The van der Waals surface area contributed by atoms with E-state index in [0.29, 0.717) is 17.0 Å². The maximum atomic E-state index is 11.5. The molecule has 0 spiro atoms. The zero-order valence-corrected chi connectivity index (χ0v) is 13.7. The van der Waals surface area contributed by atoms with Gasteiger partial charge in [-0.3, -0.25) is 9.59 Å². The van der Waals surface area contributed by atoms with Crippen molar-refractivity contribution < 1.29 is 24.2 Å². The summed E-state index contributed by atoms with van der Waals surface area (Å²) >= 11 is 0. The number of aliphatic hydroxyl groups is 1. The van der Waals surface area contributed by atoms with Crippen LogP contribution in [-0.4, -0.2) is 48.3 Å². The van der Waals surface area contributed by atoms with E-state index < -0.39 is 5.91 Å². The molecule has 0 radical (unpaired) electrons. The normalized spacial score (nSPS) is 19.7. The van der Waals surface area contributed by atoms with Crippen LogP contribution < -0.4 is 20.5 Å². The van der Waals surface area contributed by atoms with E-state index in [0.717, 1.165) is 5.39 Å². The first kappa shape index (κ1) is 17.0. The molecule has 1 aliphatic heterocycles. The largest absolute Gasteiger partial charge is 0.496 e. The van der Waals surface area contributed by atoms with Gasteiger partial charge in [-0.1, -0.05) is 0 Å². The van der Waals surface area contributed by atoms with Gasteiger partial charge in [-0.2, -0.15) is 0 Å². The summed E-state index contributed by atoms with van der Waals surface area (Å²) in [4.78, 5) is 27.2. The Bertz CT molecular complexity index is 823. The molecule has 8 nitrogen and oxygen atoms in total. The molecule has 132 valence electrons. The van der Waals surface area contributed by atoms with Crippen molar-refractivity contribution >= 4 is 22.6 Å². The van der Waals surface area contributed by atoms with Crippen LogP contribution in [0.25, 0.3) is 10.8 Å². The summed E-state index contributed by atoms with van der Waals surface area (Å²) in [6.45, 7) is 0.0918. The highest BCUT2D eigenvalue weighted by Gasteiger charge is 2.32. The Labute approximate surface area is 143 Å². The van der Waals surface area contributed by atoms with Gasteiger partial charge in [-0.25, -0.2) is 4.98 Å². The molecule has 1 aromatic heterocycles. The fourth-order valence-electron chi connectivity index (χ4n) is 2.95. The number of benzene rings is 1. The van der Waals surface area contributed by atoms with Gasteiger partial charge in [-0.05, 0) is 23.6 Å². The van der Waals surface area contributed by atoms with Crippen molar-refractivity contribution in [3.63, 3.8) is 0 Å². The molecule has 3 rings (SSSR count). The highest BCUT2D eigenvalue weighted by Crippen LogP contribution is 2.31. The number of aromatic nitrogens is 1. The first-order valence-electron chi connectivity index (χ1n) is 7.83. The standard InChI is InChI=1S/C17H19N3O5/c1-24-14-6-11-9(4-12(14)16(18)23)2-3-19-17(11)25-8-13-10(7-21)5-15(22)20-13/h2-4,6,10,13,21H,5,7-8H2,1H3,(H2,18,23)(H,20,22)/t10?,13-/m1/s1. The molecule has 0 aliphatic carbocycles. The number of primary amides is 1. The lowest BCUT2D eigenvalue weighted by Crippen LogP contribution is -2.36. The Kier molecular flexibility index (Phi) is 4.71. The average molecular weight is 345 g/mol. The monoisotopic (exact) mass is 345 g/mol. The minimum atomic E-state index is -0.586. The van der Waals surface area contributed by atoms with Gasteiger partial charge >= 0.3 is 0 Å². The van der Waals surface area contributed by atoms with Crippen LogP contribution in [0.5, 0.6) is 11.6 Å². The highest BCUT2D eigenvalue weighted by molar-refractivity contribution is 6.01. The zero-order valence-electron chi connectivity index (χ0n) is 13.7. The van der Waals surface area contributed by atoms with E-state index in [1.165, 1.54) is 7.11 Å². The van der Waals surface area contributed by atoms with Gasteiger partial charge in [0, 0.05) is 30.5 Å². The summed E-state index contributed by atoms with van der Waals surface area (Å²) in [5, 5.41) is 13.5. The minimum Gasteiger partial charge on any atom is -0.496 e. The molecule has 2 amide bonds. The second-order valence-electron chi connectivity index (χ2n) is 5.89. The zero-order chi connectivity index (χ0) is 18.0. The van der Waals surface area contributed by atoms with Gasteiger partial charge in [0.05, 0.1) is 18.7 Å². The first-order valence-corrected chi connectivity index (χ1v) is 7.83. The molecule has 2 atom stereocenters. The summed E-state index contributed by atoms with van der Waals surface area (Å²) in [5.74, 6) is -0.188. The molecular weight excluding hydrogens is 326 g/mol. The van der Waals surface area contributed by atoms with Gasteiger partial charge in [-0.15, -0.1) is 0 Å². The minimum absolute atomic E-state index is 0.0917. The molecule has 2 aromatic rings. The molecule has 1 saturated heterocycles. The SMILES string of the molecule is COc1cc2c(OC[C@H]3NC(=O)CC3CO)nccc2cc1C(N)=O. The summed E-state index contributed by atoms with van der Waals surface area (Å²) in [6.07, 6.45) is 1.84. The number of ether oxygens (including phenoxy) is 2. The third-order valence-corrected chi connectivity index (χ3v) is 4.31. The number of methoxy groups -OCH3 is 1. The molecule has 0 saturated carbocycles. The van der Waals surface area contributed by atoms with Crippen LogP contribution in [-0.2, 0) is 4.79 Å². The van der Waals surface area contributed by atoms with Crippen molar-refractivity contribution in [2.24, 2.45) is 11.7 Å². The van der Waals surface area contributed by atoms with E-state index in [1.54, 1.807) is 24.4 Å². The number of aliphatic hydroxyl groups excluding tert-OH is 1. The number of nitrogens with two attached hydrogens (primary N) is 1. The Balaban J connectivity index is 1.89. The van der Waals surface area contributed by atoms with Crippen molar-refractivity contribution in [3.05, 3.63) is 30.0 Å². The number of hydrogen-bond acceptors (Lipinski definition) is 6. The number of hydrogen-bond donors (Lipinski definition) is 3. The Hall–Kier alpha value is -2.87. The van der Waals surface area contributed by atoms with E-state index >= 15 is 0 Å². The third kappa shape index (κ3) is 3.34. The van der Waals surface area contributed by atoms with Crippen LogP contribution >= 0.6 is 0 Å². The van der Waals surface area contributed by atoms with Crippen molar-refractivity contribution in [3.8, 4) is 11.6 Å². The van der Waals surface area contributed by atoms with Gasteiger partial charge in [0.15, 0.2) is 0 Å². The topological polar surface area (TPSA) is 124 Å². The maximum absolute atomic E-state index is 11.5. The molecule has 1 fully saturated rings. The fraction of sp³-hybridized carbons (Fsp3) is 0.353. The Morgan fingerprint density at radius 1 is 1.48 bits per heavy atom. The number of pyridine rings is 1. The predicted octanol–water partition coefficient (Wildman–Crippen LogP) is 0.218. The molecule has 0 bridgehead atoms. The molecule has 25 heavy (non-hydrogen) atoms. The lowest BCUT2D eigenvalue weighted by Gasteiger charge is -2.18. The summed E-state index contributed by atoms with van der Waals surface area (Å²) in [5.41, 5.74) is 5.65. The van der Waals surface area contributed by atoms with E-state index in [4.69, 9.17) is 15.2 Å². The summed E-state index contributed by atoms with van der Waals surface area (Å²) in [6, 6.07) is 4.73. The molecule has 1 aliphatic rings. The van der Waals surface area contributed by atoms with Crippen LogP contribution in [0, 0.1) is 5.92 Å². The van der Waals surface area contributed by atoms with Gasteiger partial charge < -0.3 is 25.6 Å². The van der Waals surface area contributed by atoms with Crippen LogP contribution in [0.2, 0.25) is 0 Å². The molecule has 1 aromatic carbocycles. The molecule has 4 N–H and O–H groups in total. The number of nitrogens with zero attached hydrogens (tertiary/aromatic N) is 1. The van der Waals surface area contributed by atoms with E-state index in [1.807, 2.05) is 0 Å². The van der Waals surface area contributed by atoms with Crippen LogP contribution in [0.4, 0.5) is 0 Å². The van der Waals surface area contributed by atoms with Gasteiger partial charge in [0.2, 0.25) is 11.8 Å². The van der Waals surface area contributed by atoms with Crippen molar-refractivity contribution in [2.75, 3.05) is 20.3 Å². The van der Waals surface area contributed by atoms with Crippen LogP contribution in [0.3, 0.4) is 0 Å². The quantitative estimate of drug-likeness (QED) is 0.688. The van der Waals surface area contributed by atoms with Crippen molar-refractivity contribution in [1.29, 1.82) is 0 Å². The fourth-order valence-corrected chi connectivity index (χ4v) is 2.95. The number of carbonyl (C=O) groups excluding carboxylic acids is 2. The first-order chi connectivity index (χ1) is 12.0. The summed E-state index contributed by atoms with van der Waals surface area (Å²) in [7, 11) is 1.45. The summed E-state index contributed by atoms with van der Waals surface area (Å²) < 4.78 is 11.0.